The summed E-state index contributed by atoms with van der Waals surface area (Å²) in [4.78, 5) is 21.0. The molecule has 9 heteroatoms. The van der Waals surface area contributed by atoms with Crippen LogP contribution in [0, 0.1) is 0 Å². The van der Waals surface area contributed by atoms with Gasteiger partial charge in [-0.2, -0.15) is 0 Å². The van der Waals surface area contributed by atoms with E-state index in [1.807, 2.05) is 36.4 Å². The molecular formula is C21H20N4O3S2. The maximum Gasteiger partial charge on any atom is 0.267 e. The van der Waals surface area contributed by atoms with Gasteiger partial charge in [0, 0.05) is 18.3 Å². The van der Waals surface area contributed by atoms with E-state index in [1.165, 1.54) is 17.5 Å². The van der Waals surface area contributed by atoms with Gasteiger partial charge in [0.2, 0.25) is 5.91 Å². The van der Waals surface area contributed by atoms with Crippen LogP contribution in [0.3, 0.4) is 0 Å². The van der Waals surface area contributed by atoms with E-state index >= 15 is 0 Å². The molecule has 2 aromatic carbocycles. The van der Waals surface area contributed by atoms with Crippen molar-refractivity contribution in [3.63, 3.8) is 0 Å². The first-order valence-corrected chi connectivity index (χ1v) is 11.8. The van der Waals surface area contributed by atoms with Gasteiger partial charge < -0.3 is 5.32 Å². The van der Waals surface area contributed by atoms with Crippen molar-refractivity contribution < 1.29 is 13.2 Å². The first-order valence-electron chi connectivity index (χ1n) is 9.37. The van der Waals surface area contributed by atoms with Gasteiger partial charge in [-0.05, 0) is 30.2 Å². The Hall–Kier alpha value is -2.91. The summed E-state index contributed by atoms with van der Waals surface area (Å²) in [5.74, 6) is -0.0639. The van der Waals surface area contributed by atoms with Crippen molar-refractivity contribution in [1.29, 1.82) is 0 Å². The van der Waals surface area contributed by atoms with Gasteiger partial charge in [0.15, 0.2) is 5.16 Å². The van der Waals surface area contributed by atoms with Crippen LogP contribution in [0.25, 0.3) is 11.3 Å². The Balaban J connectivity index is 1.54. The molecule has 4 rings (SSSR count). The predicted octanol–water partition coefficient (Wildman–Crippen LogP) is 3.58. The van der Waals surface area contributed by atoms with Crippen molar-refractivity contribution >= 4 is 39.1 Å². The first-order chi connectivity index (χ1) is 14.4. The van der Waals surface area contributed by atoms with Crippen molar-refractivity contribution in [2.24, 2.45) is 0 Å². The molecule has 1 aromatic heterocycles. The maximum absolute atomic E-state index is 12.8. The van der Waals surface area contributed by atoms with Crippen LogP contribution in [0.1, 0.15) is 12.5 Å². The third kappa shape index (κ3) is 3.78. The zero-order valence-corrected chi connectivity index (χ0v) is 18.1. The van der Waals surface area contributed by atoms with E-state index in [0.717, 1.165) is 35.0 Å². The fraction of sp³-hybridized carbons (Fsp3) is 0.190. The van der Waals surface area contributed by atoms with Gasteiger partial charge in [0.05, 0.1) is 23.3 Å². The van der Waals surface area contributed by atoms with Gasteiger partial charge in [-0.25, -0.2) is 18.4 Å². The molecule has 1 aliphatic rings. The van der Waals surface area contributed by atoms with Crippen molar-refractivity contribution in [1.82, 2.24) is 9.97 Å². The van der Waals surface area contributed by atoms with Crippen LogP contribution < -0.4 is 9.62 Å². The molecule has 0 fully saturated rings. The number of aryl methyl sites for hydroxylation is 1. The molecule has 0 spiro atoms. The number of rotatable bonds is 5. The number of benzene rings is 2. The highest BCUT2D eigenvalue weighted by molar-refractivity contribution is 7.99. The van der Waals surface area contributed by atoms with E-state index in [0.29, 0.717) is 16.5 Å². The molecule has 0 unspecified atom stereocenters. The number of anilines is 2. The van der Waals surface area contributed by atoms with Gasteiger partial charge in [0.25, 0.3) is 10.0 Å². The Morgan fingerprint density at radius 3 is 2.77 bits per heavy atom. The van der Waals surface area contributed by atoms with Gasteiger partial charge >= 0.3 is 0 Å². The third-order valence-electron chi connectivity index (χ3n) is 4.82. The molecule has 0 saturated carbocycles. The monoisotopic (exact) mass is 440 g/mol. The number of hydrogen-bond donors (Lipinski definition) is 1. The average Bonchev–Trinajstić information content (AvgIpc) is 2.76. The van der Waals surface area contributed by atoms with Crippen LogP contribution >= 0.6 is 11.8 Å². The quantitative estimate of drug-likeness (QED) is 0.482. The second-order valence-corrected chi connectivity index (χ2v) is 9.63. The smallest absolute Gasteiger partial charge is 0.267 e. The summed E-state index contributed by atoms with van der Waals surface area (Å²) in [5.41, 5.74) is 3.53. The molecule has 7 nitrogen and oxygen atoms in total. The SMILES string of the molecule is CCc1cccc(NC(=O)CSc2ncc3c(n2)-c2ccccc2N(C)S3(=O)=O)c1. The van der Waals surface area contributed by atoms with Crippen LogP contribution in [0.4, 0.5) is 11.4 Å². The molecule has 2 heterocycles. The second kappa shape index (κ2) is 8.08. The highest BCUT2D eigenvalue weighted by Crippen LogP contribution is 2.41. The van der Waals surface area contributed by atoms with E-state index < -0.39 is 10.0 Å². The molecule has 0 aliphatic carbocycles. The number of hydrogen-bond acceptors (Lipinski definition) is 6. The molecule has 154 valence electrons. The van der Waals surface area contributed by atoms with Crippen LogP contribution in [0.2, 0.25) is 0 Å². The van der Waals surface area contributed by atoms with E-state index in [9.17, 15) is 13.2 Å². The number of thioether (sulfide) groups is 1. The molecule has 30 heavy (non-hydrogen) atoms. The minimum Gasteiger partial charge on any atom is -0.325 e. The van der Waals surface area contributed by atoms with Gasteiger partial charge in [-0.15, -0.1) is 0 Å². The van der Waals surface area contributed by atoms with Crippen LogP contribution in [0.5, 0.6) is 0 Å². The van der Waals surface area contributed by atoms with E-state index in [2.05, 4.69) is 22.2 Å². The van der Waals surface area contributed by atoms with Crippen molar-refractivity contribution in [3.8, 4) is 11.3 Å². The summed E-state index contributed by atoms with van der Waals surface area (Å²) in [6.45, 7) is 2.06. The Kier molecular flexibility index (Phi) is 5.48. The minimum absolute atomic E-state index is 0.0638. The molecule has 1 aliphatic heterocycles. The molecule has 0 bridgehead atoms. The highest BCUT2D eigenvalue weighted by atomic mass is 32.2. The number of carbonyl (C=O) groups excluding carboxylic acids is 1. The van der Waals surface area contributed by atoms with Crippen LogP contribution in [-0.2, 0) is 21.2 Å². The Bertz CT molecular complexity index is 1230. The normalized spacial score (nSPS) is 14.0. The first kappa shape index (κ1) is 20.4. The van der Waals surface area contributed by atoms with Crippen LogP contribution in [-0.4, -0.2) is 37.1 Å². The van der Waals surface area contributed by atoms with Gasteiger partial charge in [-0.1, -0.05) is 49.0 Å². The van der Waals surface area contributed by atoms with Crippen LogP contribution in [0.15, 0.2) is 64.8 Å². The minimum atomic E-state index is -3.71. The standard InChI is InChI=1S/C21H20N4O3S2/c1-3-14-7-6-8-15(11-14)23-19(26)13-29-21-22-12-18-20(24-21)16-9-4-5-10-17(16)25(2)30(18,27)28/h4-12H,3,13H2,1-2H3,(H,23,26). The number of aromatic nitrogens is 2. The van der Waals surface area contributed by atoms with E-state index in [1.54, 1.807) is 12.1 Å². The zero-order chi connectivity index (χ0) is 21.3. The molecular weight excluding hydrogens is 420 g/mol. The lowest BCUT2D eigenvalue weighted by Gasteiger charge is -2.28. The summed E-state index contributed by atoms with van der Waals surface area (Å²) >= 11 is 1.16. The lowest BCUT2D eigenvalue weighted by Crippen LogP contribution is -2.31. The number of sulfonamides is 1. The van der Waals surface area contributed by atoms with Gasteiger partial charge in [0.1, 0.15) is 4.90 Å². The van der Waals surface area contributed by atoms with E-state index in [-0.39, 0.29) is 16.6 Å². The molecule has 3 aromatic rings. The third-order valence-corrected chi connectivity index (χ3v) is 7.46. The predicted molar refractivity (Wildman–Crippen MR) is 118 cm³/mol. The summed E-state index contributed by atoms with van der Waals surface area (Å²) in [7, 11) is -2.20. The van der Waals surface area contributed by atoms with E-state index in [4.69, 9.17) is 0 Å². The Morgan fingerprint density at radius 1 is 1.17 bits per heavy atom. The Morgan fingerprint density at radius 2 is 1.97 bits per heavy atom. The number of nitrogens with one attached hydrogen (secondary N) is 1. The molecule has 1 amide bonds. The lowest BCUT2D eigenvalue weighted by molar-refractivity contribution is -0.113. The van der Waals surface area contributed by atoms with Crippen molar-refractivity contribution in [2.45, 2.75) is 23.4 Å². The summed E-state index contributed by atoms with van der Waals surface area (Å²) in [6.07, 6.45) is 2.20. The summed E-state index contributed by atoms with van der Waals surface area (Å²) in [5, 5.41) is 3.21. The number of para-hydroxylation sites is 1. The topological polar surface area (TPSA) is 92.3 Å². The maximum atomic E-state index is 12.8. The zero-order valence-electron chi connectivity index (χ0n) is 16.5. The lowest BCUT2D eigenvalue weighted by atomic mass is 10.1. The highest BCUT2D eigenvalue weighted by Gasteiger charge is 2.34. The number of nitrogens with zero attached hydrogens (tertiary/aromatic N) is 3. The molecule has 0 atom stereocenters. The second-order valence-electron chi connectivity index (χ2n) is 6.75. The Labute approximate surface area is 179 Å². The fourth-order valence-corrected chi connectivity index (χ4v) is 5.14. The van der Waals surface area contributed by atoms with Crippen molar-refractivity contribution in [3.05, 3.63) is 60.3 Å². The largest absolute Gasteiger partial charge is 0.325 e. The number of carbonyl (C=O) groups is 1. The molecule has 0 saturated heterocycles. The summed E-state index contributed by atoms with van der Waals surface area (Å²) < 4.78 is 26.8. The molecule has 0 radical (unpaired) electrons. The summed E-state index contributed by atoms with van der Waals surface area (Å²) in [6, 6.07) is 14.9. The molecule has 1 N–H and O–H groups in total. The fourth-order valence-electron chi connectivity index (χ4n) is 3.23. The number of fused-ring (bicyclic) bond motifs is 3. The average molecular weight is 441 g/mol. The van der Waals surface area contributed by atoms with Crippen molar-refractivity contribution in [2.75, 3.05) is 22.4 Å². The number of amides is 1. The van der Waals surface area contributed by atoms with Gasteiger partial charge in [-0.3, -0.25) is 9.10 Å².